The fourth-order valence-corrected chi connectivity index (χ4v) is 22.7. The number of hydrogen-bond acceptors (Lipinski definition) is 0. The monoisotopic (exact) mass is 1820 g/mol. The van der Waals surface area contributed by atoms with E-state index >= 15 is 0 Å². The number of fused-ring (bicyclic) bond motifs is 12. The van der Waals surface area contributed by atoms with Crippen LogP contribution in [0.3, 0.4) is 0 Å². The molecule has 0 aliphatic rings. The molecule has 0 radical (unpaired) electrons. The molecule has 0 fully saturated rings. The van der Waals surface area contributed by atoms with Gasteiger partial charge in [-0.1, -0.05) is 582 Å². The molecule has 28 aromatic rings. The lowest BCUT2D eigenvalue weighted by atomic mass is 9.83. The van der Waals surface area contributed by atoms with Gasteiger partial charge in [0.05, 0.1) is 0 Å². The van der Waals surface area contributed by atoms with Gasteiger partial charge in [0.15, 0.2) is 0 Å². The molecular weight excluding hydrogens is 1730 g/mol. The highest BCUT2D eigenvalue weighted by Gasteiger charge is 2.25. The molecule has 0 saturated carbocycles. The molecule has 0 unspecified atom stereocenters. The lowest BCUT2D eigenvalue weighted by molar-refractivity contribution is 1.61. The molecule has 0 heteroatoms. The van der Waals surface area contributed by atoms with E-state index in [0.29, 0.717) is 0 Å². The summed E-state index contributed by atoms with van der Waals surface area (Å²) in [6.07, 6.45) is 0. The summed E-state index contributed by atoms with van der Waals surface area (Å²) in [4.78, 5) is 0. The molecule has 0 amide bonds. The van der Waals surface area contributed by atoms with Crippen LogP contribution in [0.15, 0.2) is 582 Å². The molecule has 0 aliphatic heterocycles. The third kappa shape index (κ3) is 16.0. The Morgan fingerprint density at radius 2 is 0.208 bits per heavy atom. The molecule has 28 aromatic carbocycles. The second kappa shape index (κ2) is 38.6. The molecule has 0 nitrogen and oxygen atoms in total. The van der Waals surface area contributed by atoms with Gasteiger partial charge in [-0.25, -0.2) is 0 Å². The molecule has 144 heavy (non-hydrogen) atoms. The summed E-state index contributed by atoms with van der Waals surface area (Å²) in [5, 5.41) is 30.8. The molecule has 28 rings (SSSR count). The Morgan fingerprint density at radius 1 is 0.0625 bits per heavy atom. The Morgan fingerprint density at radius 3 is 0.500 bits per heavy atom. The highest BCUT2D eigenvalue weighted by Crippen LogP contribution is 2.52. The van der Waals surface area contributed by atoms with E-state index in [1.54, 1.807) is 0 Å². The van der Waals surface area contributed by atoms with Gasteiger partial charge in [0.2, 0.25) is 0 Å². The van der Waals surface area contributed by atoms with Gasteiger partial charge in [-0.2, -0.15) is 0 Å². The lowest BCUT2D eigenvalue weighted by Crippen LogP contribution is -1.92. The Bertz CT molecular complexity index is 9450. The van der Waals surface area contributed by atoms with Gasteiger partial charge >= 0.3 is 0 Å². The van der Waals surface area contributed by atoms with Crippen molar-refractivity contribution in [3.8, 4) is 134 Å². The van der Waals surface area contributed by atoms with Gasteiger partial charge < -0.3 is 0 Å². The Kier molecular flexibility index (Phi) is 23.3. The number of benzene rings is 28. The van der Waals surface area contributed by atoms with E-state index in [-0.39, 0.29) is 0 Å². The van der Waals surface area contributed by atoms with Crippen LogP contribution in [0.4, 0.5) is 0 Å². The van der Waals surface area contributed by atoms with Gasteiger partial charge in [0.25, 0.3) is 0 Å². The first-order valence-electron chi connectivity index (χ1n) is 49.8. The van der Waals surface area contributed by atoms with Crippen molar-refractivity contribution in [2.75, 3.05) is 0 Å². The van der Waals surface area contributed by atoms with Crippen LogP contribution in [0.5, 0.6) is 0 Å². The van der Waals surface area contributed by atoms with Crippen LogP contribution >= 0.6 is 0 Å². The average Bonchev–Trinajstić information content (AvgIpc) is 0.786. The molecule has 0 N–H and O–H groups in total. The van der Waals surface area contributed by atoms with Crippen molar-refractivity contribution < 1.29 is 0 Å². The van der Waals surface area contributed by atoms with Crippen LogP contribution in [0.25, 0.3) is 263 Å². The van der Waals surface area contributed by atoms with Crippen molar-refractivity contribution in [2.24, 2.45) is 0 Å². The zero-order valence-electron chi connectivity index (χ0n) is 79.4. The molecule has 0 bridgehead atoms. The van der Waals surface area contributed by atoms with Crippen molar-refractivity contribution in [3.05, 3.63) is 582 Å². The molecule has 0 aliphatic carbocycles. The smallest absolute Gasteiger partial charge is 0.00201 e. The van der Waals surface area contributed by atoms with Crippen LogP contribution in [-0.4, -0.2) is 0 Å². The minimum atomic E-state index is 1.24. The van der Waals surface area contributed by atoms with Crippen LogP contribution in [0, 0.1) is 0 Å². The summed E-state index contributed by atoms with van der Waals surface area (Å²) < 4.78 is 0. The molecule has 672 valence electrons. The predicted octanol–water partition coefficient (Wildman–Crippen LogP) is 40.6. The van der Waals surface area contributed by atoms with Gasteiger partial charge in [-0.3, -0.25) is 0 Å². The van der Waals surface area contributed by atoms with Gasteiger partial charge in [-0.15, -0.1) is 0 Å². The van der Waals surface area contributed by atoms with Crippen molar-refractivity contribution in [3.63, 3.8) is 0 Å². The van der Waals surface area contributed by atoms with E-state index in [1.807, 2.05) is 0 Å². The first-order chi connectivity index (χ1) is 71.6. The predicted molar refractivity (Wildman–Crippen MR) is 621 cm³/mol. The van der Waals surface area contributed by atoms with E-state index in [1.165, 1.54) is 263 Å². The summed E-state index contributed by atoms with van der Waals surface area (Å²) in [5.41, 5.74) is 30.5. The second-order valence-electron chi connectivity index (χ2n) is 37.2. The van der Waals surface area contributed by atoms with E-state index in [2.05, 4.69) is 582 Å². The standard InChI is InChI=1S/C40H26.2C36H24.C32H22/c1-2-14-28(15-3-1)39-34-20-8-10-22-36(34)40(37-23-11-9-21-35(37)39)38-26-25-33(31-18-6-7-19-32(31)38)30-24-12-16-27-13-4-5-17-29(27)30;1-3-13-25(14-4-1)27-23-24-34(29-18-8-7-17-28(27)29)36-32-21-11-9-19-30(32)35(26-15-5-2-6-16-26)31-20-10-12-22-33(31)36;1-2-12-27(13-3-1)35-31-16-6-8-18-33(31)36(34-19-9-7-17-32(34)35)28-23-21-26(22-24-28)30-20-10-14-25-11-4-5-15-29(25)30;1-3-11-23(12-4-1)24-19-21-26(22-20-24)32-29-17-9-7-15-27(29)31(25-13-5-2-6-14-25)28-16-8-10-18-30(28)32/h1-26H;2*1-24H;1-22H. The van der Waals surface area contributed by atoms with Crippen molar-refractivity contribution >= 4 is 129 Å². The topological polar surface area (TPSA) is 0 Å². The summed E-state index contributed by atoms with van der Waals surface area (Å²) in [6.45, 7) is 0. The average molecular weight is 1830 g/mol. The zero-order valence-corrected chi connectivity index (χ0v) is 79.4. The number of hydrogen-bond donors (Lipinski definition) is 0. The van der Waals surface area contributed by atoms with E-state index in [0.717, 1.165) is 0 Å². The second-order valence-corrected chi connectivity index (χ2v) is 37.2. The Balaban J connectivity index is 0.000000101. The first kappa shape index (κ1) is 86.8. The maximum absolute atomic E-state index is 2.34. The van der Waals surface area contributed by atoms with Crippen LogP contribution in [0.1, 0.15) is 0 Å². The highest BCUT2D eigenvalue weighted by atomic mass is 14.3. The maximum atomic E-state index is 2.34. The van der Waals surface area contributed by atoms with Gasteiger partial charge in [-0.05, 0) is 263 Å². The minimum absolute atomic E-state index is 1.24. The Hall–Kier alpha value is -18.7. The van der Waals surface area contributed by atoms with Crippen molar-refractivity contribution in [1.29, 1.82) is 0 Å². The third-order valence-corrected chi connectivity index (χ3v) is 29.1. The summed E-state index contributed by atoms with van der Waals surface area (Å²) in [6, 6.07) is 211. The van der Waals surface area contributed by atoms with E-state index in [9.17, 15) is 0 Å². The van der Waals surface area contributed by atoms with E-state index in [4.69, 9.17) is 0 Å². The molecule has 0 spiro atoms. The van der Waals surface area contributed by atoms with Crippen LogP contribution in [-0.2, 0) is 0 Å². The maximum Gasteiger partial charge on any atom is -0.00201 e. The molecule has 0 atom stereocenters. The first-order valence-corrected chi connectivity index (χ1v) is 49.8. The van der Waals surface area contributed by atoms with Gasteiger partial charge in [0, 0.05) is 0 Å². The normalized spacial score (nSPS) is 11.3. The zero-order chi connectivity index (χ0) is 95.6. The highest BCUT2D eigenvalue weighted by molar-refractivity contribution is 6.28. The van der Waals surface area contributed by atoms with Crippen molar-refractivity contribution in [1.82, 2.24) is 0 Å². The van der Waals surface area contributed by atoms with Crippen LogP contribution in [0.2, 0.25) is 0 Å². The Labute approximate surface area is 838 Å². The summed E-state index contributed by atoms with van der Waals surface area (Å²) >= 11 is 0. The molecule has 0 saturated heterocycles. The summed E-state index contributed by atoms with van der Waals surface area (Å²) in [5.74, 6) is 0. The quantitative estimate of drug-likeness (QED) is 0.107. The number of rotatable bonds is 12. The third-order valence-electron chi connectivity index (χ3n) is 29.1. The largest absolute Gasteiger partial charge is 0.0622 e. The fraction of sp³-hybridized carbons (Fsp3) is 0. The van der Waals surface area contributed by atoms with Gasteiger partial charge in [0.1, 0.15) is 0 Å². The molecular formula is C144H96. The van der Waals surface area contributed by atoms with Crippen LogP contribution < -0.4 is 0 Å². The van der Waals surface area contributed by atoms with Crippen molar-refractivity contribution in [2.45, 2.75) is 0 Å². The lowest BCUT2D eigenvalue weighted by Gasteiger charge is -2.20. The minimum Gasteiger partial charge on any atom is -0.0622 e. The molecule has 0 aromatic heterocycles. The van der Waals surface area contributed by atoms with E-state index < -0.39 is 0 Å². The molecule has 0 heterocycles. The SMILES string of the molecule is c1ccc(-c2c3ccccc3c(-c3ccc(-c4cccc5ccccc45)c4ccccc34)c3ccccc23)cc1.c1ccc(-c2c3ccccc3c(-c3ccc(-c4cccc5ccccc45)cc3)c3ccccc23)cc1.c1ccc(-c2ccc(-c3c4ccccc4c(-c4ccccc4)c4ccccc34)c3ccccc23)cc1.c1ccc(-c2ccc(-c3c4ccccc4c(-c4ccccc4)c4ccccc34)cc2)cc1. The fourth-order valence-electron chi connectivity index (χ4n) is 22.7. The summed E-state index contributed by atoms with van der Waals surface area (Å²) in [7, 11) is 0.